The van der Waals surface area contributed by atoms with Crippen molar-refractivity contribution < 1.29 is 19.7 Å². The van der Waals surface area contributed by atoms with Gasteiger partial charge in [0.2, 0.25) is 5.88 Å². The number of nitrogens with one attached hydrogen (secondary N) is 1. The van der Waals surface area contributed by atoms with Crippen LogP contribution in [0.4, 0.5) is 8.78 Å². The third-order valence-electron chi connectivity index (χ3n) is 3.82. The van der Waals surface area contributed by atoms with E-state index in [-0.39, 0.29) is 35.6 Å². The monoisotopic (exact) mass is 346 g/mol. The maximum atomic E-state index is 14.0. The van der Waals surface area contributed by atoms with E-state index in [2.05, 4.69) is 4.98 Å². The second kappa shape index (κ2) is 7.90. The van der Waals surface area contributed by atoms with Crippen molar-refractivity contribution in [2.75, 3.05) is 13.1 Å². The van der Waals surface area contributed by atoms with Crippen molar-refractivity contribution in [1.29, 1.82) is 5.26 Å². The highest BCUT2D eigenvalue weighted by Crippen LogP contribution is 2.21. The molecule has 0 aliphatic carbocycles. The number of aromatic nitrogens is 1. The van der Waals surface area contributed by atoms with Crippen molar-refractivity contribution in [2.24, 2.45) is 0 Å². The molecule has 1 fully saturated rings. The zero-order valence-electron chi connectivity index (χ0n) is 14.4. The molecule has 0 spiro atoms. The number of nitrogens with zero attached hydrogens (tertiary/aromatic N) is 2. The average Bonchev–Trinajstić information content (AvgIpc) is 2.64. The third-order valence-corrected chi connectivity index (χ3v) is 3.82. The molecule has 1 aliphatic heterocycles. The Bertz CT molecular complexity index is 821. The van der Waals surface area contributed by atoms with Crippen LogP contribution in [-0.2, 0) is 6.61 Å². The quantitative estimate of drug-likeness (QED) is 0.902. The Morgan fingerprint density at radius 1 is 1.24 bits per heavy atom. The molecule has 0 unspecified atom stereocenters. The molecule has 5 nitrogen and oxygen atoms in total. The Balaban J connectivity index is 1.65. The van der Waals surface area contributed by atoms with Crippen LogP contribution in [-0.4, -0.2) is 24.2 Å². The molecule has 1 aliphatic rings. The molecular weight excluding hydrogens is 328 g/mol. The number of hydrogen-bond donors (Lipinski definition) is 1. The van der Waals surface area contributed by atoms with Gasteiger partial charge in [0.1, 0.15) is 25.6 Å². The molecule has 1 saturated heterocycles. The molecule has 0 radical (unpaired) electrons. The van der Waals surface area contributed by atoms with E-state index in [0.717, 1.165) is 6.07 Å². The topological polar surface area (TPSA) is 67.2 Å². The van der Waals surface area contributed by atoms with E-state index in [0.29, 0.717) is 25.9 Å². The fourth-order valence-electron chi connectivity index (χ4n) is 2.48. The van der Waals surface area contributed by atoms with E-state index in [9.17, 15) is 8.78 Å². The van der Waals surface area contributed by atoms with Crippen LogP contribution in [0.15, 0.2) is 30.3 Å². The zero-order valence-corrected chi connectivity index (χ0v) is 13.4. The molecule has 1 N–H and O–H groups in total. The Labute approximate surface area is 145 Å². The van der Waals surface area contributed by atoms with Crippen LogP contribution in [0.5, 0.6) is 11.6 Å². The first kappa shape index (κ1) is 15.8. The standard InChI is InChI=1S/C18H17F2N3O2/c19-14-2-4-18(25-13-5-7-22-8-6-13)23-16(14)11-24-17-3-1-12(10-21)9-15(17)20/h1-4,9,13,22H,5-8,11H2/i/hD. The van der Waals surface area contributed by atoms with Gasteiger partial charge in [-0.2, -0.15) is 5.26 Å². The summed E-state index contributed by atoms with van der Waals surface area (Å²) in [5, 5.41) is 10.2. The van der Waals surface area contributed by atoms with Crippen LogP contribution in [0.2, 0.25) is 1.41 Å². The molecular formula is C18H17F2N3O2. The van der Waals surface area contributed by atoms with Gasteiger partial charge in [-0.05, 0) is 50.2 Å². The van der Waals surface area contributed by atoms with Gasteiger partial charge in [0, 0.05) is 6.07 Å². The molecule has 130 valence electrons. The first-order chi connectivity index (χ1) is 12.5. The summed E-state index contributed by atoms with van der Waals surface area (Å²) in [6.07, 6.45) is 1.33. The molecule has 0 amide bonds. The van der Waals surface area contributed by atoms with Crippen molar-refractivity contribution in [3.8, 4) is 17.7 Å². The Kier molecular flexibility index (Phi) is 4.99. The van der Waals surface area contributed by atoms with Gasteiger partial charge < -0.3 is 14.8 Å². The van der Waals surface area contributed by atoms with Crippen LogP contribution in [0.1, 0.15) is 24.1 Å². The third kappa shape index (κ3) is 4.43. The molecule has 1 aromatic carbocycles. The summed E-state index contributed by atoms with van der Waals surface area (Å²) in [6, 6.07) is 8.29. The number of rotatable bonds is 5. The maximum absolute atomic E-state index is 14.0. The fraction of sp³-hybridized carbons (Fsp3) is 0.333. The minimum Gasteiger partial charge on any atom is -0.484 e. The van der Waals surface area contributed by atoms with Gasteiger partial charge in [-0.3, -0.25) is 0 Å². The van der Waals surface area contributed by atoms with E-state index in [1.807, 2.05) is 6.07 Å². The second-order valence-corrected chi connectivity index (χ2v) is 5.61. The first-order valence-electron chi connectivity index (χ1n) is 8.38. The average molecular weight is 346 g/mol. The van der Waals surface area contributed by atoms with Crippen LogP contribution >= 0.6 is 0 Å². The first-order valence-corrected chi connectivity index (χ1v) is 7.93. The van der Waals surface area contributed by atoms with Crippen LogP contribution in [0.3, 0.4) is 0 Å². The summed E-state index contributed by atoms with van der Waals surface area (Å²) in [4.78, 5) is 4.11. The van der Waals surface area contributed by atoms with Gasteiger partial charge >= 0.3 is 0 Å². The van der Waals surface area contributed by atoms with E-state index in [1.54, 1.807) is 0 Å². The summed E-state index contributed by atoms with van der Waals surface area (Å²) in [6.45, 7) is 0.955. The highest BCUT2D eigenvalue weighted by molar-refractivity contribution is 5.36. The lowest BCUT2D eigenvalue weighted by Crippen LogP contribution is -2.34. The number of pyridine rings is 1. The van der Waals surface area contributed by atoms with Gasteiger partial charge in [0.15, 0.2) is 11.6 Å². The molecule has 0 saturated carbocycles. The fourth-order valence-corrected chi connectivity index (χ4v) is 2.48. The Morgan fingerprint density at radius 2 is 2.04 bits per heavy atom. The largest absolute Gasteiger partial charge is 0.484 e. The normalized spacial score (nSPS) is 16.1. The molecule has 7 heteroatoms. The minimum absolute atomic E-state index is 0.00388. The summed E-state index contributed by atoms with van der Waals surface area (Å²) in [5.41, 5.74) is 0.178. The number of nitriles is 1. The van der Waals surface area contributed by atoms with Crippen molar-refractivity contribution in [3.05, 3.63) is 53.2 Å². The van der Waals surface area contributed by atoms with E-state index in [1.165, 1.54) is 29.6 Å². The van der Waals surface area contributed by atoms with E-state index >= 15 is 0 Å². The number of ether oxygens (including phenoxy) is 2. The van der Waals surface area contributed by atoms with Gasteiger partial charge in [-0.15, -0.1) is 0 Å². The number of benzene rings is 1. The highest BCUT2D eigenvalue weighted by atomic mass is 19.1. The van der Waals surface area contributed by atoms with Crippen molar-refractivity contribution in [2.45, 2.75) is 25.6 Å². The lowest BCUT2D eigenvalue weighted by molar-refractivity contribution is 0.154. The summed E-state index contributed by atoms with van der Waals surface area (Å²) < 4.78 is 46.4. The zero-order chi connectivity index (χ0) is 18.5. The van der Waals surface area contributed by atoms with Gasteiger partial charge in [0.05, 0.1) is 11.6 Å². The second-order valence-electron chi connectivity index (χ2n) is 5.61. The van der Waals surface area contributed by atoms with Crippen molar-refractivity contribution in [1.82, 2.24) is 10.3 Å². The lowest BCUT2D eigenvalue weighted by atomic mass is 10.1. The van der Waals surface area contributed by atoms with E-state index < -0.39 is 11.6 Å². The molecule has 2 heterocycles. The molecule has 25 heavy (non-hydrogen) atoms. The number of hydrogen-bond acceptors (Lipinski definition) is 5. The number of piperidine rings is 1. The predicted octanol–water partition coefficient (Wildman–Crippen LogP) is 2.94. The molecule has 1 aromatic heterocycles. The molecule has 0 atom stereocenters. The van der Waals surface area contributed by atoms with Crippen LogP contribution < -0.4 is 14.8 Å². The minimum atomic E-state index is -0.695. The van der Waals surface area contributed by atoms with Gasteiger partial charge in [-0.1, -0.05) is 0 Å². The Morgan fingerprint density at radius 3 is 2.76 bits per heavy atom. The van der Waals surface area contributed by atoms with Crippen LogP contribution in [0, 0.1) is 23.0 Å². The van der Waals surface area contributed by atoms with Crippen molar-refractivity contribution in [3.63, 3.8) is 0 Å². The van der Waals surface area contributed by atoms with Gasteiger partial charge in [0.25, 0.3) is 0 Å². The SMILES string of the molecule is [2H]N1CCC(Oc2ccc(F)c(COc3ccc(C#N)cc3F)n2)CC1. The molecule has 2 aromatic rings. The van der Waals surface area contributed by atoms with Crippen LogP contribution in [0.25, 0.3) is 0 Å². The maximum Gasteiger partial charge on any atom is 0.214 e. The summed E-state index contributed by atoms with van der Waals surface area (Å²) in [7, 11) is 0. The smallest absolute Gasteiger partial charge is 0.214 e. The highest BCUT2D eigenvalue weighted by Gasteiger charge is 2.16. The summed E-state index contributed by atoms with van der Waals surface area (Å²) >= 11 is 0. The summed E-state index contributed by atoms with van der Waals surface area (Å²) in [5.74, 6) is -1.08. The van der Waals surface area contributed by atoms with Gasteiger partial charge in [-0.25, -0.2) is 13.8 Å². The van der Waals surface area contributed by atoms with Crippen molar-refractivity contribution >= 4 is 0 Å². The lowest BCUT2D eigenvalue weighted by Gasteiger charge is -2.23. The Hall–Kier alpha value is -2.72. The predicted molar refractivity (Wildman–Crippen MR) is 86.2 cm³/mol. The molecule has 0 bridgehead atoms. The molecule has 3 rings (SSSR count). The number of halogens is 2. The van der Waals surface area contributed by atoms with E-state index in [4.69, 9.17) is 16.1 Å².